The molecule has 0 saturated heterocycles. The first-order chi connectivity index (χ1) is 14.0. The highest BCUT2D eigenvalue weighted by molar-refractivity contribution is 6.34. The Labute approximate surface area is 177 Å². The van der Waals surface area contributed by atoms with Gasteiger partial charge >= 0.3 is 0 Å². The van der Waals surface area contributed by atoms with E-state index in [1.165, 1.54) is 0 Å². The molecule has 2 aromatic rings. The highest BCUT2D eigenvalue weighted by Crippen LogP contribution is 2.46. The first-order valence-corrected chi connectivity index (χ1v) is 10.5. The summed E-state index contributed by atoms with van der Waals surface area (Å²) in [7, 11) is 3.24. The van der Waals surface area contributed by atoms with Gasteiger partial charge in [0.1, 0.15) is 28.7 Å². The number of hydrogen-bond acceptors (Lipinski definition) is 7. The minimum absolute atomic E-state index is 0.370. The zero-order chi connectivity index (χ0) is 21.0. The Kier molecular flexibility index (Phi) is 6.90. The van der Waals surface area contributed by atoms with Crippen LogP contribution < -0.4 is 25.0 Å². The van der Waals surface area contributed by atoms with E-state index in [1.807, 2.05) is 13.0 Å². The van der Waals surface area contributed by atoms with Crippen LogP contribution in [0.2, 0.25) is 5.02 Å². The van der Waals surface area contributed by atoms with Crippen molar-refractivity contribution in [3.8, 4) is 11.5 Å². The standard InChI is InChI=1S/C21H30ClN5O2/c1-6-8-14(7-2)26-20-18-21(25-13(3)24-20)27(10-9-23-18)19-16(22)11-15(28-4)12-17(19)29-5/h11-12,14,23H,6-10H2,1-5H3,(H,24,25,26). The molecule has 0 aliphatic carbocycles. The van der Waals surface area contributed by atoms with Crippen LogP contribution in [0.1, 0.15) is 38.9 Å². The van der Waals surface area contributed by atoms with E-state index in [4.69, 9.17) is 26.1 Å². The summed E-state index contributed by atoms with van der Waals surface area (Å²) in [6, 6.07) is 4.00. The number of anilines is 4. The molecule has 1 aliphatic rings. The smallest absolute Gasteiger partial charge is 0.162 e. The molecule has 29 heavy (non-hydrogen) atoms. The molecule has 0 radical (unpaired) electrons. The Morgan fingerprint density at radius 2 is 2.03 bits per heavy atom. The van der Waals surface area contributed by atoms with Gasteiger partial charge in [0.25, 0.3) is 0 Å². The molecule has 2 N–H and O–H groups in total. The lowest BCUT2D eigenvalue weighted by molar-refractivity contribution is 0.394. The minimum atomic E-state index is 0.370. The third kappa shape index (κ3) is 4.45. The van der Waals surface area contributed by atoms with Crippen molar-refractivity contribution in [2.45, 2.75) is 46.1 Å². The first-order valence-electron chi connectivity index (χ1n) is 10.1. The number of benzene rings is 1. The lowest BCUT2D eigenvalue weighted by atomic mass is 10.1. The topological polar surface area (TPSA) is 71.5 Å². The normalized spacial score (nSPS) is 14.1. The third-order valence-corrected chi connectivity index (χ3v) is 5.38. The van der Waals surface area contributed by atoms with E-state index in [0.29, 0.717) is 34.9 Å². The number of nitrogens with one attached hydrogen (secondary N) is 2. The first kappa shape index (κ1) is 21.3. The summed E-state index contributed by atoms with van der Waals surface area (Å²) in [6.45, 7) is 7.74. The van der Waals surface area contributed by atoms with Crippen molar-refractivity contribution in [2.75, 3.05) is 42.8 Å². The van der Waals surface area contributed by atoms with Gasteiger partial charge < -0.3 is 25.0 Å². The van der Waals surface area contributed by atoms with Crippen LogP contribution in [0.5, 0.6) is 11.5 Å². The van der Waals surface area contributed by atoms with Crippen LogP contribution in [0.25, 0.3) is 0 Å². The maximum atomic E-state index is 6.64. The van der Waals surface area contributed by atoms with E-state index >= 15 is 0 Å². The zero-order valence-corrected chi connectivity index (χ0v) is 18.6. The van der Waals surface area contributed by atoms with Crippen LogP contribution in [0, 0.1) is 6.92 Å². The summed E-state index contributed by atoms with van der Waals surface area (Å²) in [5, 5.41) is 7.63. The van der Waals surface area contributed by atoms with Crippen LogP contribution in [0.4, 0.5) is 23.0 Å². The second-order valence-corrected chi connectivity index (χ2v) is 7.50. The second-order valence-electron chi connectivity index (χ2n) is 7.09. The van der Waals surface area contributed by atoms with Crippen LogP contribution in [0.3, 0.4) is 0 Å². The maximum absolute atomic E-state index is 6.64. The zero-order valence-electron chi connectivity index (χ0n) is 17.8. The average molecular weight is 420 g/mol. The molecule has 1 unspecified atom stereocenters. The van der Waals surface area contributed by atoms with Crippen molar-refractivity contribution in [2.24, 2.45) is 0 Å². The summed E-state index contributed by atoms with van der Waals surface area (Å²) >= 11 is 6.64. The number of nitrogens with zero attached hydrogens (tertiary/aromatic N) is 3. The fourth-order valence-corrected chi connectivity index (χ4v) is 3.95. The summed E-state index contributed by atoms with van der Waals surface area (Å²) in [6.07, 6.45) is 3.25. The number of rotatable bonds is 8. The van der Waals surface area contributed by atoms with Crippen molar-refractivity contribution >= 4 is 34.6 Å². The summed E-state index contributed by atoms with van der Waals surface area (Å²) in [4.78, 5) is 11.5. The van der Waals surface area contributed by atoms with E-state index in [0.717, 1.165) is 48.8 Å². The van der Waals surface area contributed by atoms with Crippen molar-refractivity contribution in [1.29, 1.82) is 0 Å². The Morgan fingerprint density at radius 1 is 1.24 bits per heavy atom. The largest absolute Gasteiger partial charge is 0.497 e. The number of aromatic nitrogens is 2. The second kappa shape index (κ2) is 9.39. The predicted molar refractivity (Wildman–Crippen MR) is 119 cm³/mol. The molecule has 2 heterocycles. The van der Waals surface area contributed by atoms with Gasteiger partial charge in [0, 0.05) is 31.3 Å². The van der Waals surface area contributed by atoms with Gasteiger partial charge in [0.2, 0.25) is 0 Å². The predicted octanol–water partition coefficient (Wildman–Crippen LogP) is 5.01. The number of methoxy groups -OCH3 is 2. The van der Waals surface area contributed by atoms with E-state index in [1.54, 1.807) is 20.3 Å². The highest BCUT2D eigenvalue weighted by atomic mass is 35.5. The molecule has 0 fully saturated rings. The van der Waals surface area contributed by atoms with Crippen molar-refractivity contribution in [1.82, 2.24) is 9.97 Å². The van der Waals surface area contributed by atoms with Crippen molar-refractivity contribution in [3.63, 3.8) is 0 Å². The Balaban J connectivity index is 2.08. The van der Waals surface area contributed by atoms with Gasteiger partial charge in [-0.05, 0) is 19.8 Å². The fraction of sp³-hybridized carbons (Fsp3) is 0.524. The monoisotopic (exact) mass is 419 g/mol. The molecule has 0 spiro atoms. The summed E-state index contributed by atoms with van der Waals surface area (Å²) in [5.74, 6) is 3.63. The highest BCUT2D eigenvalue weighted by Gasteiger charge is 2.28. The van der Waals surface area contributed by atoms with Gasteiger partial charge in [-0.25, -0.2) is 9.97 Å². The van der Waals surface area contributed by atoms with Crippen LogP contribution in [-0.4, -0.2) is 43.3 Å². The van der Waals surface area contributed by atoms with Gasteiger partial charge in [-0.2, -0.15) is 0 Å². The summed E-state index contributed by atoms with van der Waals surface area (Å²) in [5.41, 5.74) is 1.67. The van der Waals surface area contributed by atoms with Gasteiger partial charge in [-0.1, -0.05) is 31.9 Å². The molecule has 3 rings (SSSR count). The lowest BCUT2D eigenvalue weighted by Gasteiger charge is -2.34. The number of hydrogen-bond donors (Lipinski definition) is 2. The molecule has 7 nitrogen and oxygen atoms in total. The van der Waals surface area contributed by atoms with Crippen LogP contribution >= 0.6 is 11.6 Å². The van der Waals surface area contributed by atoms with E-state index in [-0.39, 0.29) is 0 Å². The molecule has 1 aromatic carbocycles. The number of fused-ring (bicyclic) bond motifs is 1. The molecular formula is C21H30ClN5O2. The van der Waals surface area contributed by atoms with Gasteiger partial charge in [0.15, 0.2) is 11.6 Å². The fourth-order valence-electron chi connectivity index (χ4n) is 3.64. The molecule has 158 valence electrons. The van der Waals surface area contributed by atoms with Crippen molar-refractivity contribution < 1.29 is 9.47 Å². The van der Waals surface area contributed by atoms with E-state index < -0.39 is 0 Å². The van der Waals surface area contributed by atoms with Gasteiger partial charge in [-0.3, -0.25) is 0 Å². The van der Waals surface area contributed by atoms with Gasteiger partial charge in [0.05, 0.1) is 19.2 Å². The molecular weight excluding hydrogens is 390 g/mol. The van der Waals surface area contributed by atoms with Crippen LogP contribution in [0.15, 0.2) is 12.1 Å². The molecule has 0 amide bonds. The average Bonchev–Trinajstić information content (AvgIpc) is 2.72. The quantitative estimate of drug-likeness (QED) is 0.623. The molecule has 0 bridgehead atoms. The Morgan fingerprint density at radius 3 is 2.69 bits per heavy atom. The number of halogens is 1. The van der Waals surface area contributed by atoms with Gasteiger partial charge in [-0.15, -0.1) is 0 Å². The third-order valence-electron chi connectivity index (χ3n) is 5.09. The number of aryl methyl sites for hydroxylation is 1. The van der Waals surface area contributed by atoms with E-state index in [2.05, 4.69) is 34.4 Å². The number of ether oxygens (including phenoxy) is 2. The SMILES string of the molecule is CCCC(CC)Nc1nc(C)nc2c1NCCN2c1c(Cl)cc(OC)cc1OC. The van der Waals surface area contributed by atoms with Crippen molar-refractivity contribution in [3.05, 3.63) is 23.0 Å². The molecule has 1 aromatic heterocycles. The lowest BCUT2D eigenvalue weighted by Crippen LogP contribution is -2.33. The molecule has 8 heteroatoms. The molecule has 0 saturated carbocycles. The van der Waals surface area contributed by atoms with Crippen LogP contribution in [-0.2, 0) is 0 Å². The Bertz CT molecular complexity index is 861. The minimum Gasteiger partial charge on any atom is -0.497 e. The summed E-state index contributed by atoms with van der Waals surface area (Å²) < 4.78 is 11.0. The molecule has 1 aliphatic heterocycles. The molecule has 1 atom stereocenters. The van der Waals surface area contributed by atoms with E-state index in [9.17, 15) is 0 Å². The Hall–Kier alpha value is -2.41. The maximum Gasteiger partial charge on any atom is 0.162 e.